The maximum absolute atomic E-state index is 12.5. The van der Waals surface area contributed by atoms with Crippen LogP contribution in [0.4, 0.5) is 13.2 Å². The second kappa shape index (κ2) is 8.86. The fourth-order valence-corrected chi connectivity index (χ4v) is 3.81. The summed E-state index contributed by atoms with van der Waals surface area (Å²) in [5, 5.41) is 7.12. The number of alkyl halides is 3. The summed E-state index contributed by atoms with van der Waals surface area (Å²) in [4.78, 5) is 30.2. The van der Waals surface area contributed by atoms with Crippen LogP contribution in [0.3, 0.4) is 0 Å². The molecule has 2 fully saturated rings. The van der Waals surface area contributed by atoms with Gasteiger partial charge in [0.05, 0.1) is 5.69 Å². The number of rotatable bonds is 3. The topological polar surface area (TPSA) is 86.9 Å². The smallest absolute Gasteiger partial charge is 0.475 e. The van der Waals surface area contributed by atoms with E-state index in [1.54, 1.807) is 6.07 Å². The molecule has 4 rings (SSSR count). The third-order valence-electron chi connectivity index (χ3n) is 5.15. The van der Waals surface area contributed by atoms with E-state index in [1.165, 1.54) is 0 Å². The van der Waals surface area contributed by atoms with Crippen LogP contribution in [0.1, 0.15) is 22.0 Å². The number of aryl methyl sites for hydroxylation is 1. The molecule has 2 saturated heterocycles. The van der Waals surface area contributed by atoms with E-state index >= 15 is 0 Å². The summed E-state index contributed by atoms with van der Waals surface area (Å²) in [7, 11) is 0. The highest BCUT2D eigenvalue weighted by molar-refractivity contribution is 5.91. The first kappa shape index (κ1) is 21.8. The van der Waals surface area contributed by atoms with E-state index < -0.39 is 12.1 Å². The number of nitrogens with zero attached hydrogens (tertiary/aromatic N) is 3. The van der Waals surface area contributed by atoms with Crippen LogP contribution in [0.15, 0.2) is 40.9 Å². The molecule has 0 aromatic carbocycles. The highest BCUT2D eigenvalue weighted by atomic mass is 19.4. The summed E-state index contributed by atoms with van der Waals surface area (Å²) in [6.07, 6.45) is -3.24. The van der Waals surface area contributed by atoms with Crippen molar-refractivity contribution < 1.29 is 32.3 Å². The lowest BCUT2D eigenvalue weighted by molar-refractivity contribution is -0.192. The largest absolute Gasteiger partial charge is 0.490 e. The number of carboxylic acid groups (broad SMARTS) is 1. The van der Waals surface area contributed by atoms with Crippen molar-refractivity contribution in [3.05, 3.63) is 53.7 Å². The Balaban J connectivity index is 0.000000318. The maximum atomic E-state index is 12.5. The van der Waals surface area contributed by atoms with Crippen molar-refractivity contribution in [2.45, 2.75) is 19.6 Å². The first-order valence-corrected chi connectivity index (χ1v) is 9.41. The third-order valence-corrected chi connectivity index (χ3v) is 5.15. The minimum atomic E-state index is -5.08. The van der Waals surface area contributed by atoms with E-state index in [0.717, 1.165) is 44.2 Å². The van der Waals surface area contributed by atoms with E-state index in [4.69, 9.17) is 14.3 Å². The van der Waals surface area contributed by atoms with Crippen LogP contribution in [-0.4, -0.2) is 64.1 Å². The molecule has 162 valence electrons. The number of amides is 1. The van der Waals surface area contributed by atoms with E-state index in [2.05, 4.69) is 16.0 Å². The van der Waals surface area contributed by atoms with E-state index in [9.17, 15) is 18.0 Å². The number of likely N-dealkylation sites (tertiary alicyclic amines) is 2. The second-order valence-corrected chi connectivity index (χ2v) is 7.46. The quantitative estimate of drug-likeness (QED) is 0.814. The number of pyridine rings is 1. The van der Waals surface area contributed by atoms with Gasteiger partial charge in [0, 0.05) is 38.9 Å². The van der Waals surface area contributed by atoms with Gasteiger partial charge in [-0.15, -0.1) is 0 Å². The number of aromatic nitrogens is 1. The molecule has 0 spiro atoms. The number of hydrogen-bond donors (Lipinski definition) is 1. The monoisotopic (exact) mass is 425 g/mol. The van der Waals surface area contributed by atoms with Gasteiger partial charge in [-0.2, -0.15) is 13.2 Å². The van der Waals surface area contributed by atoms with Crippen molar-refractivity contribution in [2.75, 3.05) is 26.2 Å². The van der Waals surface area contributed by atoms with Gasteiger partial charge in [0.25, 0.3) is 5.91 Å². The summed E-state index contributed by atoms with van der Waals surface area (Å²) >= 11 is 0. The normalized spacial score (nSPS) is 21.1. The zero-order chi connectivity index (χ0) is 21.9. The number of carboxylic acids is 1. The zero-order valence-electron chi connectivity index (χ0n) is 16.3. The van der Waals surface area contributed by atoms with Gasteiger partial charge in [0.1, 0.15) is 5.76 Å². The van der Waals surface area contributed by atoms with Gasteiger partial charge in [-0.25, -0.2) is 4.79 Å². The molecule has 0 saturated carbocycles. The molecule has 2 aliphatic rings. The number of furan rings is 1. The molecule has 2 aliphatic heterocycles. The van der Waals surface area contributed by atoms with Crippen LogP contribution in [0.5, 0.6) is 0 Å². The van der Waals surface area contributed by atoms with Crippen LogP contribution >= 0.6 is 0 Å². The Hall–Kier alpha value is -2.88. The number of halogens is 3. The van der Waals surface area contributed by atoms with Crippen molar-refractivity contribution in [1.82, 2.24) is 14.8 Å². The summed E-state index contributed by atoms with van der Waals surface area (Å²) in [5.41, 5.74) is 1.12. The Morgan fingerprint density at radius 1 is 1.13 bits per heavy atom. The highest BCUT2D eigenvalue weighted by Gasteiger charge is 2.42. The second-order valence-electron chi connectivity index (χ2n) is 7.46. The predicted molar refractivity (Wildman–Crippen MR) is 99.5 cm³/mol. The van der Waals surface area contributed by atoms with Gasteiger partial charge in [0.15, 0.2) is 5.76 Å². The van der Waals surface area contributed by atoms with Crippen molar-refractivity contribution in [1.29, 1.82) is 0 Å². The van der Waals surface area contributed by atoms with Gasteiger partial charge in [-0.05, 0) is 43.0 Å². The van der Waals surface area contributed by atoms with Gasteiger partial charge < -0.3 is 14.4 Å². The van der Waals surface area contributed by atoms with Crippen LogP contribution in [0.2, 0.25) is 0 Å². The molecule has 2 atom stereocenters. The number of fused-ring (bicyclic) bond motifs is 1. The minimum absolute atomic E-state index is 0.0313. The molecule has 1 N–H and O–H groups in total. The fourth-order valence-electron chi connectivity index (χ4n) is 3.81. The number of carbonyl (C=O) groups is 2. The molecule has 7 nitrogen and oxygen atoms in total. The molecule has 4 heterocycles. The predicted octanol–water partition coefficient (Wildman–Crippen LogP) is 2.82. The Labute approximate surface area is 171 Å². The number of hydrogen-bond acceptors (Lipinski definition) is 5. The molecule has 0 unspecified atom stereocenters. The van der Waals surface area contributed by atoms with Crippen LogP contribution in [0.25, 0.3) is 0 Å². The molecular formula is C20H22F3N3O4. The molecule has 0 radical (unpaired) electrons. The highest BCUT2D eigenvalue weighted by Crippen LogP contribution is 2.32. The Kier molecular flexibility index (Phi) is 6.45. The molecular weight excluding hydrogens is 403 g/mol. The first-order valence-electron chi connectivity index (χ1n) is 9.41. The van der Waals surface area contributed by atoms with Gasteiger partial charge in [-0.1, -0.05) is 6.07 Å². The van der Waals surface area contributed by atoms with Gasteiger partial charge in [0.2, 0.25) is 0 Å². The first-order chi connectivity index (χ1) is 14.1. The molecule has 10 heteroatoms. The summed E-state index contributed by atoms with van der Waals surface area (Å²) in [5.74, 6) is -0.337. The van der Waals surface area contributed by atoms with E-state index in [-0.39, 0.29) is 5.91 Å². The standard InChI is InChI=1S/C18H21N3O2.C2HF3O2/c1-13-5-6-17(23-13)18(22)21-10-14-8-20(9-15(14)11-21)12-16-4-2-3-7-19-16;3-2(4,5)1(6)7/h2-7,14-15H,8-12H2,1H3;(H,6,7)/t14-,15+;. The van der Waals surface area contributed by atoms with Crippen LogP contribution in [0, 0.1) is 18.8 Å². The van der Waals surface area contributed by atoms with Crippen LogP contribution < -0.4 is 0 Å². The van der Waals surface area contributed by atoms with E-state index in [1.807, 2.05) is 36.2 Å². The molecule has 0 aliphatic carbocycles. The molecule has 2 aromatic heterocycles. The van der Waals surface area contributed by atoms with Crippen molar-refractivity contribution in [3.63, 3.8) is 0 Å². The average Bonchev–Trinajstić information content (AvgIpc) is 3.36. The Bertz CT molecular complexity index is 871. The summed E-state index contributed by atoms with van der Waals surface area (Å²) in [6, 6.07) is 9.67. The van der Waals surface area contributed by atoms with Crippen molar-refractivity contribution in [3.8, 4) is 0 Å². The van der Waals surface area contributed by atoms with Crippen molar-refractivity contribution >= 4 is 11.9 Å². The fraction of sp³-hybridized carbons (Fsp3) is 0.450. The number of carbonyl (C=O) groups excluding carboxylic acids is 1. The zero-order valence-corrected chi connectivity index (χ0v) is 16.3. The lowest BCUT2D eigenvalue weighted by atomic mass is 10.0. The maximum Gasteiger partial charge on any atom is 0.490 e. The van der Waals surface area contributed by atoms with Gasteiger partial charge in [-0.3, -0.25) is 14.7 Å². The van der Waals surface area contributed by atoms with Crippen LogP contribution in [-0.2, 0) is 11.3 Å². The molecule has 0 bridgehead atoms. The molecule has 30 heavy (non-hydrogen) atoms. The minimum Gasteiger partial charge on any atom is -0.475 e. The van der Waals surface area contributed by atoms with Crippen molar-refractivity contribution in [2.24, 2.45) is 11.8 Å². The lowest BCUT2D eigenvalue weighted by Crippen LogP contribution is -2.33. The van der Waals surface area contributed by atoms with E-state index in [0.29, 0.717) is 17.6 Å². The summed E-state index contributed by atoms with van der Waals surface area (Å²) < 4.78 is 37.2. The Morgan fingerprint density at radius 2 is 1.77 bits per heavy atom. The lowest BCUT2D eigenvalue weighted by Gasteiger charge is -2.20. The number of aliphatic carboxylic acids is 1. The molecule has 1 amide bonds. The Morgan fingerprint density at radius 3 is 2.23 bits per heavy atom. The average molecular weight is 425 g/mol. The summed E-state index contributed by atoms with van der Waals surface area (Å²) in [6.45, 7) is 6.53. The molecule has 2 aromatic rings. The SMILES string of the molecule is Cc1ccc(C(=O)N2C[C@H]3CN(Cc4ccccn4)C[C@H]3C2)o1.O=C(O)C(F)(F)F. The third kappa shape index (κ3) is 5.38. The van der Waals surface area contributed by atoms with Gasteiger partial charge >= 0.3 is 12.1 Å².